The molecule has 0 saturated carbocycles. The molecule has 1 aliphatic rings. The Morgan fingerprint density at radius 2 is 2.25 bits per heavy atom. The summed E-state index contributed by atoms with van der Waals surface area (Å²) < 4.78 is 5.57. The molecule has 3 unspecified atom stereocenters. The summed E-state index contributed by atoms with van der Waals surface area (Å²) in [5.41, 5.74) is 6.35. The molecule has 20 heavy (non-hydrogen) atoms. The maximum Gasteiger partial charge on any atom is 0.219 e. The molecule has 0 radical (unpaired) electrons. The number of hydrogen-bond acceptors (Lipinski definition) is 6. The van der Waals surface area contributed by atoms with Crippen LogP contribution in [0.1, 0.15) is 23.2 Å². The van der Waals surface area contributed by atoms with Crippen LogP contribution < -0.4 is 10.8 Å². The third-order valence-electron chi connectivity index (χ3n) is 3.24. The van der Waals surface area contributed by atoms with Crippen LogP contribution in [-0.4, -0.2) is 23.6 Å². The quantitative estimate of drug-likeness (QED) is 0.553. The minimum atomic E-state index is -1.14. The summed E-state index contributed by atoms with van der Waals surface area (Å²) in [6.45, 7) is 0.934. The second-order valence-electron chi connectivity index (χ2n) is 4.62. The maximum absolute atomic E-state index is 12.0. The predicted octanol–water partition coefficient (Wildman–Crippen LogP) is 3.02. The van der Waals surface area contributed by atoms with E-state index in [-0.39, 0.29) is 11.3 Å². The third-order valence-corrected chi connectivity index (χ3v) is 4.91. The number of carbonyl (C=O) groups excluding carboxylic acids is 1. The summed E-state index contributed by atoms with van der Waals surface area (Å²) in [6, 6.07) is 9.38. The van der Waals surface area contributed by atoms with Crippen molar-refractivity contribution in [3.8, 4) is 0 Å². The van der Waals surface area contributed by atoms with Crippen LogP contribution in [-0.2, 0) is 4.52 Å². The van der Waals surface area contributed by atoms with Crippen molar-refractivity contribution in [2.45, 2.75) is 19.1 Å². The molecule has 1 saturated heterocycles. The Balaban J connectivity index is 1.74. The Morgan fingerprint density at radius 1 is 1.50 bits per heavy atom. The van der Waals surface area contributed by atoms with E-state index in [0.29, 0.717) is 5.92 Å². The first-order valence-corrected chi connectivity index (χ1v) is 9.99. The normalized spacial score (nSPS) is 23.7. The van der Waals surface area contributed by atoms with E-state index in [1.165, 1.54) is 11.8 Å². The summed E-state index contributed by atoms with van der Waals surface area (Å²) in [4.78, 5) is 12.0. The van der Waals surface area contributed by atoms with E-state index in [0.717, 1.165) is 30.7 Å². The van der Waals surface area contributed by atoms with Crippen LogP contribution in [0.25, 0.3) is 0 Å². The molecule has 1 aromatic rings. The Kier molecular flexibility index (Phi) is 6.81. The number of nitrogens with two attached hydrogens (primary N) is 1. The molecule has 4 nitrogen and oxygen atoms in total. The smallest absolute Gasteiger partial charge is 0.219 e. The zero-order valence-electron chi connectivity index (χ0n) is 11.1. The van der Waals surface area contributed by atoms with E-state index in [4.69, 9.17) is 10.0 Å². The first kappa shape index (κ1) is 16.3. The van der Waals surface area contributed by atoms with E-state index in [9.17, 15) is 4.79 Å². The fraction of sp³-hybridized carbons (Fsp3) is 0.462. The van der Waals surface area contributed by atoms with Crippen LogP contribution >= 0.6 is 31.5 Å². The molecule has 0 spiro atoms. The topological polar surface area (TPSA) is 64.3 Å². The SMILES string of the molecule is NP(S)OC1NCCC1CCSC(=O)c1ccccc1. The number of nitrogens with one attached hydrogen (secondary N) is 1. The monoisotopic (exact) mass is 330 g/mol. The molecule has 0 aliphatic carbocycles. The number of carbonyl (C=O) groups is 1. The number of hydrogen-bond donors (Lipinski definition) is 3. The van der Waals surface area contributed by atoms with Gasteiger partial charge >= 0.3 is 0 Å². The van der Waals surface area contributed by atoms with Crippen molar-refractivity contribution in [2.24, 2.45) is 11.4 Å². The van der Waals surface area contributed by atoms with Gasteiger partial charge in [0.1, 0.15) is 6.23 Å². The Hall–Kier alpha value is -0.100. The Morgan fingerprint density at radius 3 is 2.95 bits per heavy atom. The minimum absolute atomic E-state index is 0.0176. The number of thioether (sulfide) groups is 1. The van der Waals surface area contributed by atoms with Crippen molar-refractivity contribution in [1.29, 1.82) is 0 Å². The van der Waals surface area contributed by atoms with Gasteiger partial charge in [-0.15, -0.1) is 12.2 Å². The molecule has 0 aromatic heterocycles. The average molecular weight is 330 g/mol. The van der Waals surface area contributed by atoms with Gasteiger partial charge in [-0.1, -0.05) is 42.1 Å². The van der Waals surface area contributed by atoms with Crippen LogP contribution in [0.5, 0.6) is 0 Å². The summed E-state index contributed by atoms with van der Waals surface area (Å²) in [6.07, 6.45) is 1.98. The lowest BCUT2D eigenvalue weighted by atomic mass is 10.1. The van der Waals surface area contributed by atoms with E-state index < -0.39 is 7.50 Å². The molecule has 1 aromatic carbocycles. The zero-order valence-corrected chi connectivity index (χ0v) is 13.7. The number of thiol groups is 1. The largest absolute Gasteiger partial charge is 0.316 e. The van der Waals surface area contributed by atoms with Crippen molar-refractivity contribution in [2.75, 3.05) is 12.3 Å². The van der Waals surface area contributed by atoms with Gasteiger partial charge in [-0.3, -0.25) is 15.6 Å². The Labute approximate surface area is 130 Å². The van der Waals surface area contributed by atoms with Gasteiger partial charge in [0.15, 0.2) is 7.50 Å². The Bertz CT molecular complexity index is 434. The molecule has 1 aliphatic heterocycles. The zero-order chi connectivity index (χ0) is 14.4. The highest BCUT2D eigenvalue weighted by molar-refractivity contribution is 8.42. The van der Waals surface area contributed by atoms with E-state index in [1.807, 2.05) is 30.3 Å². The van der Waals surface area contributed by atoms with Crippen LogP contribution in [0.3, 0.4) is 0 Å². The number of rotatable bonds is 6. The lowest BCUT2D eigenvalue weighted by molar-refractivity contribution is 0.108. The van der Waals surface area contributed by atoms with Gasteiger partial charge < -0.3 is 4.52 Å². The van der Waals surface area contributed by atoms with Gasteiger partial charge in [-0.2, -0.15) is 0 Å². The fourth-order valence-electron chi connectivity index (χ4n) is 2.22. The first-order valence-electron chi connectivity index (χ1n) is 6.53. The average Bonchev–Trinajstić information content (AvgIpc) is 2.86. The van der Waals surface area contributed by atoms with Gasteiger partial charge in [-0.25, -0.2) is 0 Å². The molecule has 1 heterocycles. The van der Waals surface area contributed by atoms with Gasteiger partial charge in [0.05, 0.1) is 0 Å². The van der Waals surface area contributed by atoms with Crippen molar-refractivity contribution in [1.82, 2.24) is 5.32 Å². The van der Waals surface area contributed by atoms with Crippen LogP contribution in [0, 0.1) is 5.92 Å². The highest BCUT2D eigenvalue weighted by Crippen LogP contribution is 2.37. The standard InChI is InChI=1S/C13H19N2O2PS2/c14-18(19)17-12-10(6-8-15-12)7-9-20-13(16)11-4-2-1-3-5-11/h1-5,10,12,15,19H,6-9,14H2. The van der Waals surface area contributed by atoms with Crippen LogP contribution in [0.15, 0.2) is 30.3 Å². The number of benzene rings is 1. The predicted molar refractivity (Wildman–Crippen MR) is 88.9 cm³/mol. The highest BCUT2D eigenvalue weighted by Gasteiger charge is 2.28. The molecule has 3 atom stereocenters. The highest BCUT2D eigenvalue weighted by atomic mass is 32.7. The second kappa shape index (κ2) is 8.37. The summed E-state index contributed by atoms with van der Waals surface area (Å²) in [7, 11) is -1.14. The molecular formula is C13H19N2O2PS2. The lowest BCUT2D eigenvalue weighted by Gasteiger charge is -2.20. The van der Waals surface area contributed by atoms with Crippen molar-refractivity contribution in [3.63, 3.8) is 0 Å². The van der Waals surface area contributed by atoms with E-state index in [1.54, 1.807) is 0 Å². The van der Waals surface area contributed by atoms with Crippen LogP contribution in [0.4, 0.5) is 0 Å². The van der Waals surface area contributed by atoms with Gasteiger partial charge in [0.25, 0.3) is 0 Å². The van der Waals surface area contributed by atoms with E-state index >= 15 is 0 Å². The van der Waals surface area contributed by atoms with Crippen LogP contribution in [0.2, 0.25) is 0 Å². The van der Waals surface area contributed by atoms with Gasteiger partial charge in [-0.05, 0) is 19.4 Å². The molecule has 7 heteroatoms. The molecule has 0 bridgehead atoms. The molecule has 2 rings (SSSR count). The summed E-state index contributed by atoms with van der Waals surface area (Å²) in [5, 5.41) is 3.41. The van der Waals surface area contributed by atoms with Crippen molar-refractivity contribution < 1.29 is 9.32 Å². The maximum atomic E-state index is 12.0. The second-order valence-corrected chi connectivity index (χ2v) is 7.69. The van der Waals surface area contributed by atoms with Crippen molar-refractivity contribution in [3.05, 3.63) is 35.9 Å². The molecular weight excluding hydrogens is 311 g/mol. The molecule has 110 valence electrons. The first-order chi connectivity index (χ1) is 9.66. The summed E-state index contributed by atoms with van der Waals surface area (Å²) >= 11 is 5.48. The van der Waals surface area contributed by atoms with Gasteiger partial charge in [0.2, 0.25) is 5.12 Å². The van der Waals surface area contributed by atoms with Gasteiger partial charge in [0, 0.05) is 17.2 Å². The minimum Gasteiger partial charge on any atom is -0.316 e. The van der Waals surface area contributed by atoms with Crippen molar-refractivity contribution >= 4 is 36.6 Å². The summed E-state index contributed by atoms with van der Waals surface area (Å²) in [5.74, 6) is 1.21. The third kappa shape index (κ3) is 5.02. The molecule has 1 fully saturated rings. The van der Waals surface area contributed by atoms with E-state index in [2.05, 4.69) is 17.6 Å². The molecule has 3 N–H and O–H groups in total. The fourth-order valence-corrected chi connectivity index (χ4v) is 3.92. The lowest BCUT2D eigenvalue weighted by Crippen LogP contribution is -2.29. The molecule has 0 amide bonds.